The molecule has 140 valence electrons. The fourth-order valence-electron chi connectivity index (χ4n) is 1.99. The number of esters is 1. The van der Waals surface area contributed by atoms with Gasteiger partial charge in [0.2, 0.25) is 0 Å². The Morgan fingerprint density at radius 2 is 1.73 bits per heavy atom. The van der Waals surface area contributed by atoms with Gasteiger partial charge in [0, 0.05) is 5.56 Å². The number of ether oxygens (including phenoxy) is 2. The maximum Gasteiger partial charge on any atom is 0.422 e. The van der Waals surface area contributed by atoms with Gasteiger partial charge in [-0.2, -0.15) is 13.2 Å². The molecule has 0 unspecified atom stereocenters. The second kappa shape index (κ2) is 7.53. The van der Waals surface area contributed by atoms with E-state index in [1.54, 1.807) is 20.8 Å². The second-order valence-corrected chi connectivity index (χ2v) is 6.88. The molecule has 4 nitrogen and oxygen atoms in total. The quantitative estimate of drug-likeness (QED) is 0.527. The summed E-state index contributed by atoms with van der Waals surface area (Å²) in [4.78, 5) is 16.3. The van der Waals surface area contributed by atoms with E-state index in [0.717, 1.165) is 0 Å². The Morgan fingerprint density at radius 3 is 2.27 bits per heavy atom. The topological polar surface area (TPSA) is 48.4 Å². The average Bonchev–Trinajstić information content (AvgIpc) is 2.50. The Bertz CT molecular complexity index is 784. The zero-order valence-electron chi connectivity index (χ0n) is 14.4. The third-order valence-corrected chi connectivity index (χ3v) is 3.17. The van der Waals surface area contributed by atoms with E-state index in [9.17, 15) is 18.0 Å². The van der Waals surface area contributed by atoms with Gasteiger partial charge in [-0.1, -0.05) is 11.6 Å². The highest BCUT2D eigenvalue weighted by Gasteiger charge is 2.28. The van der Waals surface area contributed by atoms with Crippen LogP contribution in [0.5, 0.6) is 5.75 Å². The monoisotopic (exact) mass is 387 g/mol. The van der Waals surface area contributed by atoms with Gasteiger partial charge in [-0.3, -0.25) is 0 Å². The fourth-order valence-corrected chi connectivity index (χ4v) is 2.20. The Kier molecular flexibility index (Phi) is 5.81. The maximum atomic E-state index is 12.2. The van der Waals surface area contributed by atoms with E-state index in [1.165, 1.54) is 36.4 Å². The number of benzene rings is 1. The van der Waals surface area contributed by atoms with Crippen LogP contribution in [-0.2, 0) is 4.74 Å². The van der Waals surface area contributed by atoms with Crippen LogP contribution in [0.3, 0.4) is 0 Å². The largest absolute Gasteiger partial charge is 0.484 e. The summed E-state index contributed by atoms with van der Waals surface area (Å²) in [5.74, 6) is -0.478. The van der Waals surface area contributed by atoms with Crippen molar-refractivity contribution in [2.45, 2.75) is 32.5 Å². The van der Waals surface area contributed by atoms with Gasteiger partial charge in [-0.05, 0) is 57.2 Å². The van der Waals surface area contributed by atoms with Crippen LogP contribution in [0.2, 0.25) is 5.15 Å². The van der Waals surface area contributed by atoms with E-state index < -0.39 is 24.4 Å². The van der Waals surface area contributed by atoms with Crippen LogP contribution < -0.4 is 4.74 Å². The molecule has 0 aliphatic heterocycles. The van der Waals surface area contributed by atoms with Crippen LogP contribution in [-0.4, -0.2) is 29.3 Å². The third kappa shape index (κ3) is 6.22. The molecule has 0 saturated heterocycles. The predicted molar refractivity (Wildman–Crippen MR) is 91.4 cm³/mol. The van der Waals surface area contributed by atoms with Gasteiger partial charge >= 0.3 is 12.1 Å². The highest BCUT2D eigenvalue weighted by atomic mass is 35.5. The van der Waals surface area contributed by atoms with Gasteiger partial charge in [-0.15, -0.1) is 0 Å². The number of carbonyl (C=O) groups is 1. The molecule has 0 saturated carbocycles. The summed E-state index contributed by atoms with van der Waals surface area (Å²) in [6.07, 6.45) is -4.41. The van der Waals surface area contributed by atoms with Crippen molar-refractivity contribution >= 4 is 17.6 Å². The zero-order chi connectivity index (χ0) is 19.5. The molecule has 0 spiro atoms. The van der Waals surface area contributed by atoms with Gasteiger partial charge in [0.05, 0.1) is 11.3 Å². The van der Waals surface area contributed by atoms with E-state index >= 15 is 0 Å². The van der Waals surface area contributed by atoms with E-state index in [2.05, 4.69) is 9.72 Å². The Labute approximate surface area is 153 Å². The van der Waals surface area contributed by atoms with Gasteiger partial charge in [0.15, 0.2) is 6.61 Å². The Balaban J connectivity index is 2.22. The molecular weight excluding hydrogens is 371 g/mol. The van der Waals surface area contributed by atoms with Gasteiger partial charge in [-0.25, -0.2) is 9.78 Å². The molecule has 0 amide bonds. The number of nitrogens with zero attached hydrogens (tertiary/aromatic N) is 1. The van der Waals surface area contributed by atoms with Crippen LogP contribution in [0, 0.1) is 0 Å². The second-order valence-electron chi connectivity index (χ2n) is 6.49. The van der Waals surface area contributed by atoms with Crippen molar-refractivity contribution in [3.63, 3.8) is 0 Å². The van der Waals surface area contributed by atoms with E-state index in [0.29, 0.717) is 11.3 Å². The molecule has 0 aliphatic carbocycles. The van der Waals surface area contributed by atoms with Crippen molar-refractivity contribution in [3.05, 3.63) is 47.1 Å². The first kappa shape index (κ1) is 20.0. The lowest BCUT2D eigenvalue weighted by atomic mass is 10.1. The van der Waals surface area contributed by atoms with Gasteiger partial charge in [0.25, 0.3) is 0 Å². The molecule has 1 heterocycles. The summed E-state index contributed by atoms with van der Waals surface area (Å²) in [7, 11) is 0. The van der Waals surface area contributed by atoms with Crippen molar-refractivity contribution in [2.24, 2.45) is 0 Å². The minimum absolute atomic E-state index is 0.0699. The van der Waals surface area contributed by atoms with Crippen LogP contribution in [0.1, 0.15) is 31.1 Å². The minimum Gasteiger partial charge on any atom is -0.484 e. The standard InChI is InChI=1S/C18H17ClF3NO3/c1-17(2,3)26-16(24)12-8-14(23-15(19)9-12)11-4-6-13(7-5-11)25-10-18(20,21)22/h4-9H,10H2,1-3H3. The Morgan fingerprint density at radius 1 is 1.12 bits per heavy atom. The molecule has 1 aromatic heterocycles. The number of hydrogen-bond donors (Lipinski definition) is 0. The van der Waals surface area contributed by atoms with Crippen molar-refractivity contribution in [1.82, 2.24) is 4.98 Å². The van der Waals surface area contributed by atoms with E-state index in [1.807, 2.05) is 0 Å². The lowest BCUT2D eigenvalue weighted by molar-refractivity contribution is -0.153. The Hall–Kier alpha value is -2.28. The van der Waals surface area contributed by atoms with Crippen LogP contribution >= 0.6 is 11.6 Å². The summed E-state index contributed by atoms with van der Waals surface area (Å²) in [6.45, 7) is 3.86. The first-order valence-corrected chi connectivity index (χ1v) is 8.02. The van der Waals surface area contributed by atoms with Crippen molar-refractivity contribution in [1.29, 1.82) is 0 Å². The molecule has 0 bridgehead atoms. The number of hydrogen-bond acceptors (Lipinski definition) is 4. The van der Waals surface area contributed by atoms with Crippen LogP contribution in [0.4, 0.5) is 13.2 Å². The molecule has 2 rings (SSSR count). The lowest BCUT2D eigenvalue weighted by Crippen LogP contribution is -2.24. The molecule has 2 aromatic rings. The highest BCUT2D eigenvalue weighted by molar-refractivity contribution is 6.29. The summed E-state index contributed by atoms with van der Waals surface area (Å²) >= 11 is 5.98. The van der Waals surface area contributed by atoms with Crippen molar-refractivity contribution in [2.75, 3.05) is 6.61 Å². The van der Waals surface area contributed by atoms with E-state index in [4.69, 9.17) is 16.3 Å². The average molecular weight is 388 g/mol. The maximum absolute atomic E-state index is 12.2. The molecule has 0 N–H and O–H groups in total. The highest BCUT2D eigenvalue weighted by Crippen LogP contribution is 2.26. The number of rotatable bonds is 4. The lowest BCUT2D eigenvalue weighted by Gasteiger charge is -2.19. The molecule has 1 aromatic carbocycles. The number of pyridine rings is 1. The smallest absolute Gasteiger partial charge is 0.422 e. The fraction of sp³-hybridized carbons (Fsp3) is 0.333. The number of alkyl halides is 3. The van der Waals surface area contributed by atoms with Gasteiger partial charge < -0.3 is 9.47 Å². The van der Waals surface area contributed by atoms with Crippen LogP contribution in [0.15, 0.2) is 36.4 Å². The molecule has 0 radical (unpaired) electrons. The summed E-state index contributed by atoms with van der Waals surface area (Å²) in [6, 6.07) is 8.73. The SMILES string of the molecule is CC(C)(C)OC(=O)c1cc(Cl)nc(-c2ccc(OCC(F)(F)F)cc2)c1. The summed E-state index contributed by atoms with van der Waals surface area (Å²) in [5, 5.41) is 0.0979. The summed E-state index contributed by atoms with van der Waals surface area (Å²) in [5.41, 5.74) is 0.523. The molecular formula is C18H17ClF3NO3. The molecule has 0 fully saturated rings. The zero-order valence-corrected chi connectivity index (χ0v) is 15.1. The molecule has 8 heteroatoms. The van der Waals surface area contributed by atoms with Crippen LogP contribution in [0.25, 0.3) is 11.3 Å². The predicted octanol–water partition coefficient (Wildman–Crippen LogP) is 5.30. The number of carbonyl (C=O) groups excluding carboxylic acids is 1. The molecule has 0 atom stereocenters. The number of halogens is 4. The first-order valence-electron chi connectivity index (χ1n) is 7.64. The summed E-state index contributed by atoms with van der Waals surface area (Å²) < 4.78 is 46.5. The molecule has 0 aliphatic rings. The van der Waals surface area contributed by atoms with E-state index in [-0.39, 0.29) is 16.5 Å². The molecule has 26 heavy (non-hydrogen) atoms. The number of aromatic nitrogens is 1. The van der Waals surface area contributed by atoms with Gasteiger partial charge in [0.1, 0.15) is 16.5 Å². The van der Waals surface area contributed by atoms with Crippen molar-refractivity contribution < 1.29 is 27.4 Å². The minimum atomic E-state index is -4.41. The van der Waals surface area contributed by atoms with Crippen molar-refractivity contribution in [3.8, 4) is 17.0 Å². The first-order chi connectivity index (χ1) is 11.9. The normalized spacial score (nSPS) is 12.0. The third-order valence-electron chi connectivity index (χ3n) is 2.98.